The van der Waals surface area contributed by atoms with Crippen LogP contribution < -0.4 is 5.32 Å². The Bertz CT molecular complexity index is 416. The number of rotatable bonds is 6. The second-order valence-electron chi connectivity index (χ2n) is 5.32. The molecule has 0 saturated heterocycles. The molecule has 4 N–H and O–H groups in total. The van der Waals surface area contributed by atoms with Gasteiger partial charge in [0.15, 0.2) is 0 Å². The van der Waals surface area contributed by atoms with Crippen molar-refractivity contribution in [3.63, 3.8) is 0 Å². The molecule has 4 heteroatoms. The highest BCUT2D eigenvalue weighted by Gasteiger charge is 2.41. The van der Waals surface area contributed by atoms with Crippen molar-refractivity contribution in [3.8, 4) is 11.5 Å². The number of aliphatic hydroxyl groups is 1. The van der Waals surface area contributed by atoms with Crippen molar-refractivity contribution in [2.24, 2.45) is 5.41 Å². The molecule has 0 radical (unpaired) electrons. The van der Waals surface area contributed by atoms with Gasteiger partial charge in [-0.1, -0.05) is 0 Å². The zero-order chi connectivity index (χ0) is 13.2. The molecule has 0 heterocycles. The predicted octanol–water partition coefficient (Wildman–Crippen LogP) is 1.91. The smallest absolute Gasteiger partial charge is 0.120 e. The van der Waals surface area contributed by atoms with Crippen molar-refractivity contribution in [2.75, 3.05) is 13.2 Å². The molecule has 4 nitrogen and oxygen atoms in total. The maximum atomic E-state index is 9.76. The van der Waals surface area contributed by atoms with Crippen LogP contribution in [0.3, 0.4) is 0 Å². The van der Waals surface area contributed by atoms with Crippen LogP contribution in [0.1, 0.15) is 37.8 Å². The second-order valence-corrected chi connectivity index (χ2v) is 5.32. The van der Waals surface area contributed by atoms with Crippen LogP contribution in [0.4, 0.5) is 0 Å². The van der Waals surface area contributed by atoms with Crippen molar-refractivity contribution in [1.29, 1.82) is 0 Å². The summed E-state index contributed by atoms with van der Waals surface area (Å²) in [5.41, 5.74) is 0.949. The first-order valence-electron chi connectivity index (χ1n) is 6.42. The van der Waals surface area contributed by atoms with Gasteiger partial charge < -0.3 is 20.6 Å². The molecule has 0 aromatic heterocycles. The van der Waals surface area contributed by atoms with Gasteiger partial charge in [0.1, 0.15) is 11.5 Å². The Morgan fingerprint density at radius 3 is 2.67 bits per heavy atom. The van der Waals surface area contributed by atoms with E-state index in [0.717, 1.165) is 25.8 Å². The van der Waals surface area contributed by atoms with E-state index in [1.54, 1.807) is 6.07 Å². The highest BCUT2D eigenvalue weighted by Crippen LogP contribution is 2.48. The zero-order valence-electron chi connectivity index (χ0n) is 10.7. The van der Waals surface area contributed by atoms with E-state index in [0.29, 0.717) is 5.56 Å². The molecule has 1 aliphatic carbocycles. The summed E-state index contributed by atoms with van der Waals surface area (Å²) in [5.74, 6) is 0.354. The molecule has 18 heavy (non-hydrogen) atoms. The topological polar surface area (TPSA) is 72.7 Å². The number of nitrogens with one attached hydrogen (secondary N) is 1. The Balaban J connectivity index is 1.95. The average molecular weight is 251 g/mol. The van der Waals surface area contributed by atoms with Gasteiger partial charge in [0.05, 0.1) is 0 Å². The summed E-state index contributed by atoms with van der Waals surface area (Å²) in [6.45, 7) is 3.03. The summed E-state index contributed by atoms with van der Waals surface area (Å²) >= 11 is 0. The molecule has 1 aliphatic rings. The summed E-state index contributed by atoms with van der Waals surface area (Å²) in [6, 6.07) is 4.54. The van der Waals surface area contributed by atoms with Gasteiger partial charge in [-0.25, -0.2) is 0 Å². The maximum Gasteiger partial charge on any atom is 0.120 e. The van der Waals surface area contributed by atoms with Gasteiger partial charge in [-0.05, 0) is 49.8 Å². The van der Waals surface area contributed by atoms with Gasteiger partial charge >= 0.3 is 0 Å². The Hall–Kier alpha value is -1.26. The van der Waals surface area contributed by atoms with Crippen LogP contribution >= 0.6 is 0 Å². The van der Waals surface area contributed by atoms with Crippen molar-refractivity contribution in [2.45, 2.75) is 32.2 Å². The number of aromatic hydroxyl groups is 2. The van der Waals surface area contributed by atoms with Gasteiger partial charge in [-0.15, -0.1) is 0 Å². The molecule has 100 valence electrons. The van der Waals surface area contributed by atoms with E-state index in [-0.39, 0.29) is 29.6 Å². The fraction of sp³-hybridized carbons (Fsp3) is 0.571. The Labute approximate surface area is 107 Å². The van der Waals surface area contributed by atoms with Crippen LogP contribution in [0.2, 0.25) is 0 Å². The van der Waals surface area contributed by atoms with Gasteiger partial charge in [-0.2, -0.15) is 0 Å². The molecule has 0 amide bonds. The monoisotopic (exact) mass is 251 g/mol. The minimum absolute atomic E-state index is 0.0201. The SMILES string of the molecule is CC(NCC1(CCO)CC1)c1cc(O)ccc1O. The lowest BCUT2D eigenvalue weighted by atomic mass is 10.0. The number of benzene rings is 1. The summed E-state index contributed by atoms with van der Waals surface area (Å²) in [7, 11) is 0. The van der Waals surface area contributed by atoms with E-state index in [1.165, 1.54) is 12.1 Å². The number of hydrogen-bond donors (Lipinski definition) is 4. The van der Waals surface area contributed by atoms with Crippen molar-refractivity contribution >= 4 is 0 Å². The third kappa shape index (κ3) is 2.94. The summed E-state index contributed by atoms with van der Waals surface area (Å²) < 4.78 is 0. The predicted molar refractivity (Wildman–Crippen MR) is 69.6 cm³/mol. The van der Waals surface area contributed by atoms with E-state index in [4.69, 9.17) is 5.11 Å². The molecule has 0 aliphatic heterocycles. The molecule has 2 rings (SSSR count). The third-order valence-corrected chi connectivity index (χ3v) is 3.86. The third-order valence-electron chi connectivity index (χ3n) is 3.86. The van der Waals surface area contributed by atoms with Crippen LogP contribution in [0.5, 0.6) is 11.5 Å². The fourth-order valence-electron chi connectivity index (χ4n) is 2.30. The minimum atomic E-state index is -0.0201. The fourth-order valence-corrected chi connectivity index (χ4v) is 2.30. The largest absolute Gasteiger partial charge is 0.508 e. The molecule has 1 unspecified atom stereocenters. The van der Waals surface area contributed by atoms with Gasteiger partial charge in [0.25, 0.3) is 0 Å². The first kappa shape index (κ1) is 13.2. The lowest BCUT2D eigenvalue weighted by Gasteiger charge is -2.20. The molecule has 1 aromatic rings. The summed E-state index contributed by atoms with van der Waals surface area (Å²) in [6.07, 6.45) is 3.14. The first-order valence-corrected chi connectivity index (χ1v) is 6.42. The van der Waals surface area contributed by atoms with Crippen LogP contribution in [0, 0.1) is 5.41 Å². The van der Waals surface area contributed by atoms with Crippen LogP contribution in [0.15, 0.2) is 18.2 Å². The standard InChI is InChI=1S/C14H21NO3/c1-10(12-8-11(17)2-3-13(12)18)15-9-14(4-5-14)6-7-16/h2-3,8,10,15-18H,4-7,9H2,1H3. The number of phenolic OH excluding ortho intramolecular Hbond substituents is 2. The highest BCUT2D eigenvalue weighted by atomic mass is 16.3. The molecule has 1 atom stereocenters. The van der Waals surface area contributed by atoms with Crippen molar-refractivity contribution < 1.29 is 15.3 Å². The summed E-state index contributed by atoms with van der Waals surface area (Å²) in [4.78, 5) is 0. The quantitative estimate of drug-likeness (QED) is 0.583. The normalized spacial score (nSPS) is 18.6. The van der Waals surface area contributed by atoms with Gasteiger partial charge in [0.2, 0.25) is 0 Å². The number of hydrogen-bond acceptors (Lipinski definition) is 4. The Kier molecular flexibility index (Phi) is 3.78. The molecular weight excluding hydrogens is 230 g/mol. The molecular formula is C14H21NO3. The minimum Gasteiger partial charge on any atom is -0.508 e. The lowest BCUT2D eigenvalue weighted by molar-refractivity contribution is 0.242. The van der Waals surface area contributed by atoms with Gasteiger partial charge in [0, 0.05) is 24.8 Å². The summed E-state index contributed by atoms with van der Waals surface area (Å²) in [5, 5.41) is 31.6. The van der Waals surface area contributed by atoms with E-state index in [1.807, 2.05) is 6.92 Å². The number of phenols is 2. The van der Waals surface area contributed by atoms with E-state index in [9.17, 15) is 10.2 Å². The Morgan fingerprint density at radius 2 is 2.06 bits per heavy atom. The maximum absolute atomic E-state index is 9.76. The van der Waals surface area contributed by atoms with Gasteiger partial charge in [-0.3, -0.25) is 0 Å². The molecule has 1 fully saturated rings. The van der Waals surface area contributed by atoms with E-state index in [2.05, 4.69) is 5.32 Å². The number of aliphatic hydroxyl groups excluding tert-OH is 1. The zero-order valence-corrected chi connectivity index (χ0v) is 10.7. The van der Waals surface area contributed by atoms with Crippen LogP contribution in [-0.2, 0) is 0 Å². The van der Waals surface area contributed by atoms with Crippen molar-refractivity contribution in [3.05, 3.63) is 23.8 Å². The first-order chi connectivity index (χ1) is 8.56. The van der Waals surface area contributed by atoms with Crippen LogP contribution in [0.25, 0.3) is 0 Å². The molecule has 0 bridgehead atoms. The van der Waals surface area contributed by atoms with Crippen LogP contribution in [-0.4, -0.2) is 28.5 Å². The lowest BCUT2D eigenvalue weighted by Crippen LogP contribution is -2.27. The molecule has 1 saturated carbocycles. The second kappa shape index (κ2) is 5.16. The van der Waals surface area contributed by atoms with E-state index < -0.39 is 0 Å². The van der Waals surface area contributed by atoms with Crippen molar-refractivity contribution in [1.82, 2.24) is 5.32 Å². The van der Waals surface area contributed by atoms with E-state index >= 15 is 0 Å². The molecule has 1 aromatic carbocycles. The average Bonchev–Trinajstić information content (AvgIpc) is 3.10. The molecule has 0 spiro atoms. The highest BCUT2D eigenvalue weighted by molar-refractivity contribution is 5.40. The Morgan fingerprint density at radius 1 is 1.33 bits per heavy atom.